The summed E-state index contributed by atoms with van der Waals surface area (Å²) in [4.78, 5) is 7.61. The second-order valence-corrected chi connectivity index (χ2v) is 4.39. The SMILES string of the molecule is Clc1ccc(COc2cnc(Cl)nc2)c(Cl)c1. The molecule has 17 heavy (non-hydrogen) atoms. The Hall–Kier alpha value is -1.03. The van der Waals surface area contributed by atoms with Gasteiger partial charge in [-0.05, 0) is 23.7 Å². The average Bonchev–Trinajstić information content (AvgIpc) is 2.30. The van der Waals surface area contributed by atoms with Crippen molar-refractivity contribution in [3.8, 4) is 5.75 Å². The van der Waals surface area contributed by atoms with Crippen molar-refractivity contribution in [2.45, 2.75) is 6.61 Å². The van der Waals surface area contributed by atoms with Gasteiger partial charge in [-0.2, -0.15) is 0 Å². The molecule has 0 saturated heterocycles. The van der Waals surface area contributed by atoms with Gasteiger partial charge in [-0.25, -0.2) is 9.97 Å². The van der Waals surface area contributed by atoms with Gasteiger partial charge in [0.05, 0.1) is 12.4 Å². The molecule has 0 spiro atoms. The lowest BCUT2D eigenvalue weighted by atomic mass is 10.2. The van der Waals surface area contributed by atoms with Gasteiger partial charge in [0, 0.05) is 15.6 Å². The summed E-state index contributed by atoms with van der Waals surface area (Å²) in [6.45, 7) is 0.320. The number of hydrogen-bond donors (Lipinski definition) is 0. The smallest absolute Gasteiger partial charge is 0.222 e. The predicted octanol–water partition coefficient (Wildman–Crippen LogP) is 4.02. The minimum atomic E-state index is 0.182. The summed E-state index contributed by atoms with van der Waals surface area (Å²) < 4.78 is 5.46. The molecule has 0 aliphatic heterocycles. The molecule has 1 heterocycles. The highest BCUT2D eigenvalue weighted by Crippen LogP contribution is 2.22. The van der Waals surface area contributed by atoms with Crippen LogP contribution in [0.4, 0.5) is 0 Å². The molecule has 1 aromatic carbocycles. The molecule has 0 atom stereocenters. The zero-order valence-electron chi connectivity index (χ0n) is 8.53. The summed E-state index contributed by atoms with van der Waals surface area (Å²) >= 11 is 17.4. The molecule has 0 aliphatic carbocycles. The molecular weight excluding hydrogens is 282 g/mol. The van der Waals surface area contributed by atoms with E-state index in [1.54, 1.807) is 18.2 Å². The van der Waals surface area contributed by atoms with Crippen molar-refractivity contribution >= 4 is 34.8 Å². The Balaban J connectivity index is 2.04. The highest BCUT2D eigenvalue weighted by atomic mass is 35.5. The lowest BCUT2D eigenvalue weighted by Gasteiger charge is -2.07. The molecule has 0 unspecified atom stereocenters. The number of ether oxygens (including phenoxy) is 1. The maximum atomic E-state index is 6.00. The molecule has 0 fully saturated rings. The molecule has 3 nitrogen and oxygen atoms in total. The normalized spacial score (nSPS) is 10.3. The molecule has 0 bridgehead atoms. The number of hydrogen-bond acceptors (Lipinski definition) is 3. The number of nitrogens with zero attached hydrogens (tertiary/aromatic N) is 2. The van der Waals surface area contributed by atoms with Gasteiger partial charge in [0.15, 0.2) is 5.75 Å². The molecular formula is C11H7Cl3N2O. The third-order valence-electron chi connectivity index (χ3n) is 2.01. The van der Waals surface area contributed by atoms with Crippen molar-refractivity contribution in [3.63, 3.8) is 0 Å². The molecule has 0 N–H and O–H groups in total. The summed E-state index contributed by atoms with van der Waals surface area (Å²) in [6.07, 6.45) is 3.00. The van der Waals surface area contributed by atoms with Crippen LogP contribution in [0.3, 0.4) is 0 Å². The molecule has 6 heteroatoms. The van der Waals surface area contributed by atoms with Gasteiger partial charge >= 0.3 is 0 Å². The van der Waals surface area contributed by atoms with E-state index in [0.717, 1.165) is 5.56 Å². The summed E-state index contributed by atoms with van der Waals surface area (Å²) in [7, 11) is 0. The summed E-state index contributed by atoms with van der Waals surface area (Å²) in [5.41, 5.74) is 0.839. The fourth-order valence-electron chi connectivity index (χ4n) is 1.17. The first-order chi connectivity index (χ1) is 8.15. The second-order valence-electron chi connectivity index (χ2n) is 3.21. The first kappa shape index (κ1) is 12.4. The molecule has 0 amide bonds. The number of rotatable bonds is 3. The van der Waals surface area contributed by atoms with E-state index in [-0.39, 0.29) is 5.28 Å². The van der Waals surface area contributed by atoms with Crippen LogP contribution in [-0.4, -0.2) is 9.97 Å². The standard InChI is InChI=1S/C11H7Cl3N2O/c12-8-2-1-7(10(13)3-8)6-17-9-4-15-11(14)16-5-9/h1-5H,6H2. The van der Waals surface area contributed by atoms with E-state index >= 15 is 0 Å². The van der Waals surface area contributed by atoms with Crippen LogP contribution >= 0.6 is 34.8 Å². The highest BCUT2D eigenvalue weighted by molar-refractivity contribution is 6.35. The van der Waals surface area contributed by atoms with Crippen LogP contribution in [0.25, 0.3) is 0 Å². The first-order valence-corrected chi connectivity index (χ1v) is 5.83. The average molecular weight is 290 g/mol. The van der Waals surface area contributed by atoms with Crippen LogP contribution in [0.2, 0.25) is 15.3 Å². The Bertz CT molecular complexity index is 517. The van der Waals surface area contributed by atoms with E-state index in [2.05, 4.69) is 9.97 Å². The van der Waals surface area contributed by atoms with E-state index in [4.69, 9.17) is 39.5 Å². The van der Waals surface area contributed by atoms with Crippen molar-refractivity contribution in [1.29, 1.82) is 0 Å². The second kappa shape index (κ2) is 5.54. The first-order valence-electron chi connectivity index (χ1n) is 4.69. The lowest BCUT2D eigenvalue weighted by molar-refractivity contribution is 0.303. The van der Waals surface area contributed by atoms with Crippen LogP contribution in [-0.2, 0) is 6.61 Å². The fraction of sp³-hybridized carbons (Fsp3) is 0.0909. The van der Waals surface area contributed by atoms with Gasteiger partial charge in [-0.1, -0.05) is 29.3 Å². The Morgan fingerprint density at radius 1 is 1.06 bits per heavy atom. The number of aromatic nitrogens is 2. The van der Waals surface area contributed by atoms with Crippen LogP contribution in [0, 0.1) is 0 Å². The van der Waals surface area contributed by atoms with Crippen molar-refractivity contribution in [2.75, 3.05) is 0 Å². The maximum Gasteiger partial charge on any atom is 0.222 e. The number of halogens is 3. The Kier molecular flexibility index (Phi) is 4.05. The molecule has 1 aromatic heterocycles. The largest absolute Gasteiger partial charge is 0.486 e. The third kappa shape index (κ3) is 3.46. The molecule has 2 rings (SSSR count). The highest BCUT2D eigenvalue weighted by Gasteiger charge is 2.03. The monoisotopic (exact) mass is 288 g/mol. The van der Waals surface area contributed by atoms with E-state index < -0.39 is 0 Å². The molecule has 0 radical (unpaired) electrons. The topological polar surface area (TPSA) is 35.0 Å². The lowest BCUT2D eigenvalue weighted by Crippen LogP contribution is -1.97. The summed E-state index contributed by atoms with van der Waals surface area (Å²) in [5.74, 6) is 0.528. The van der Waals surface area contributed by atoms with Gasteiger partial charge in [0.1, 0.15) is 6.61 Å². The molecule has 2 aromatic rings. The van der Waals surface area contributed by atoms with E-state index in [9.17, 15) is 0 Å². The van der Waals surface area contributed by atoms with Gasteiger partial charge in [0.2, 0.25) is 5.28 Å². The van der Waals surface area contributed by atoms with Crippen LogP contribution in [0.5, 0.6) is 5.75 Å². The molecule has 0 aliphatic rings. The van der Waals surface area contributed by atoms with Crippen molar-refractivity contribution < 1.29 is 4.74 Å². The van der Waals surface area contributed by atoms with Crippen molar-refractivity contribution in [2.24, 2.45) is 0 Å². The summed E-state index contributed by atoms with van der Waals surface area (Å²) in [6, 6.07) is 5.23. The minimum absolute atomic E-state index is 0.182. The van der Waals surface area contributed by atoms with E-state index in [0.29, 0.717) is 22.4 Å². The number of benzene rings is 1. The Morgan fingerprint density at radius 3 is 2.41 bits per heavy atom. The van der Waals surface area contributed by atoms with Gasteiger partial charge in [0.25, 0.3) is 0 Å². The Morgan fingerprint density at radius 2 is 1.76 bits per heavy atom. The van der Waals surface area contributed by atoms with Gasteiger partial charge < -0.3 is 4.74 Å². The van der Waals surface area contributed by atoms with E-state index in [1.165, 1.54) is 12.4 Å². The van der Waals surface area contributed by atoms with E-state index in [1.807, 2.05) is 0 Å². The Labute approximate surface area is 113 Å². The quantitative estimate of drug-likeness (QED) is 0.801. The molecule has 0 saturated carbocycles. The predicted molar refractivity (Wildman–Crippen MR) is 67.8 cm³/mol. The zero-order chi connectivity index (χ0) is 12.3. The van der Waals surface area contributed by atoms with Crippen LogP contribution in [0.1, 0.15) is 5.56 Å². The van der Waals surface area contributed by atoms with Crippen molar-refractivity contribution in [3.05, 3.63) is 51.5 Å². The van der Waals surface area contributed by atoms with Crippen molar-refractivity contribution in [1.82, 2.24) is 9.97 Å². The van der Waals surface area contributed by atoms with Gasteiger partial charge in [-0.15, -0.1) is 0 Å². The van der Waals surface area contributed by atoms with Crippen LogP contribution in [0.15, 0.2) is 30.6 Å². The van der Waals surface area contributed by atoms with Gasteiger partial charge in [-0.3, -0.25) is 0 Å². The minimum Gasteiger partial charge on any atom is -0.486 e. The summed E-state index contributed by atoms with van der Waals surface area (Å²) in [5, 5.41) is 1.34. The molecule has 88 valence electrons. The fourth-order valence-corrected chi connectivity index (χ4v) is 1.74. The third-order valence-corrected chi connectivity index (χ3v) is 2.79. The van der Waals surface area contributed by atoms with Crippen LogP contribution < -0.4 is 4.74 Å². The zero-order valence-corrected chi connectivity index (χ0v) is 10.8. The maximum absolute atomic E-state index is 6.00.